The molecule has 400 valence electrons. The third-order valence-electron chi connectivity index (χ3n) is 0.667. The van der Waals surface area contributed by atoms with Crippen LogP contribution in [-0.4, -0.2) is 185 Å². The number of rotatable bonds is 4. The van der Waals surface area contributed by atoms with Gasteiger partial charge in [-0.1, -0.05) is 0 Å². The fourth-order valence-electron chi connectivity index (χ4n) is 0. The van der Waals surface area contributed by atoms with Crippen LogP contribution in [0.5, 0.6) is 0 Å². The molecule has 0 aliphatic rings. The first-order valence-corrected chi connectivity index (χ1v) is 16.4. The van der Waals surface area contributed by atoms with Gasteiger partial charge in [0.05, 0.1) is 0 Å². The summed E-state index contributed by atoms with van der Waals surface area (Å²) in [6.07, 6.45) is 0. The van der Waals surface area contributed by atoms with Gasteiger partial charge in [-0.3, -0.25) is 57.5 Å². The van der Waals surface area contributed by atoms with Crippen LogP contribution < -0.4 is 164 Å². The Morgan fingerprint density at radius 2 is 0.221 bits per heavy atom. The maximum absolute atomic E-state index is 9.00. The van der Waals surface area contributed by atoms with Crippen molar-refractivity contribution in [1.82, 2.24) is 0 Å². The van der Waals surface area contributed by atoms with E-state index in [4.69, 9.17) is 165 Å². The zero-order chi connectivity index (χ0) is 56.6. The molecule has 0 atom stereocenters. The second kappa shape index (κ2) is 151. The Bertz CT molecular complexity index is 768. The normalized spacial score (nSPS) is 6.18. The van der Waals surface area contributed by atoms with Crippen LogP contribution in [0.15, 0.2) is 0 Å². The summed E-state index contributed by atoms with van der Waals surface area (Å²) in [6, 6.07) is 0. The zero-order valence-electron chi connectivity index (χ0n) is 46.5. The molecule has 32 nitrogen and oxygen atoms in total. The van der Waals surface area contributed by atoms with Gasteiger partial charge in [-0.25, -0.2) is 0 Å². The van der Waals surface area contributed by atoms with Crippen LogP contribution in [0.4, 0.5) is 0 Å². The van der Waals surface area contributed by atoms with E-state index >= 15 is 0 Å². The number of nitrogens with two attached hydrogens (primary N) is 8. The molecule has 0 aromatic rings. The Kier molecular flexibility index (Phi) is 292. The summed E-state index contributed by atoms with van der Waals surface area (Å²) in [4.78, 5) is 108. The van der Waals surface area contributed by atoms with Gasteiger partial charge < -0.3 is 113 Å². The van der Waals surface area contributed by atoms with Gasteiger partial charge in [0, 0.05) is 135 Å². The van der Waals surface area contributed by atoms with E-state index in [9.17, 15) is 0 Å². The molecule has 0 aliphatic heterocycles. The molecule has 0 aromatic heterocycles. The molecular formula is C32H84N8Na4O24. The molecule has 0 aliphatic carbocycles. The van der Waals surface area contributed by atoms with Crippen LogP contribution in [0, 0.1) is 0 Å². The molecule has 36 heteroatoms. The summed E-state index contributed by atoms with van der Waals surface area (Å²) in [6.45, 7) is 17.8. The molecule has 28 N–H and O–H groups in total. The minimum Gasteiger partial charge on any atom is -1.00 e. The van der Waals surface area contributed by atoms with Gasteiger partial charge in [-0.15, -0.1) is 0 Å². The SMILES string of the molecule is CC(=O)O.CC(=O)O.CC(=O)O.CC(=O)O.CC(=O)O.CC(=O)O.CC(=O)O.CC(=O)O.CC(=O)O.CC(=O)O.CC(=O)O.CC(=O)O.NCCN.NCCN.NCCN.NCCN.[H-].[H-].[H-].[H-].[Na+].[Na+].[Na+].[Na+]. The van der Waals surface area contributed by atoms with E-state index in [1.807, 2.05) is 0 Å². The molecular weight excluding hydrogens is 972 g/mol. The zero-order valence-corrected chi connectivity index (χ0v) is 50.5. The van der Waals surface area contributed by atoms with E-state index < -0.39 is 71.6 Å². The largest absolute Gasteiger partial charge is 1.00 e. The Balaban J connectivity index is -0.0000000154. The number of hydrogen-bond acceptors (Lipinski definition) is 20. The Morgan fingerprint density at radius 1 is 0.206 bits per heavy atom. The van der Waals surface area contributed by atoms with E-state index in [1.165, 1.54) is 0 Å². The minimum atomic E-state index is -0.833. The van der Waals surface area contributed by atoms with E-state index in [0.29, 0.717) is 52.4 Å². The van der Waals surface area contributed by atoms with E-state index in [0.717, 1.165) is 83.1 Å². The van der Waals surface area contributed by atoms with Gasteiger partial charge in [0.15, 0.2) is 0 Å². The van der Waals surface area contributed by atoms with Crippen molar-refractivity contribution in [3.05, 3.63) is 0 Å². The van der Waals surface area contributed by atoms with Crippen LogP contribution in [0.1, 0.15) is 88.8 Å². The van der Waals surface area contributed by atoms with Crippen molar-refractivity contribution in [2.45, 2.75) is 83.1 Å². The van der Waals surface area contributed by atoms with Crippen molar-refractivity contribution in [3.63, 3.8) is 0 Å². The Hall–Kier alpha value is -2.68. The van der Waals surface area contributed by atoms with Crippen LogP contribution in [0.25, 0.3) is 0 Å². The average molecular weight is 1060 g/mol. The van der Waals surface area contributed by atoms with Gasteiger partial charge in [0.1, 0.15) is 0 Å². The molecule has 0 saturated heterocycles. The van der Waals surface area contributed by atoms with Crippen LogP contribution >= 0.6 is 0 Å². The van der Waals surface area contributed by atoms with Crippen molar-refractivity contribution in [3.8, 4) is 0 Å². The number of hydrogen-bond donors (Lipinski definition) is 20. The van der Waals surface area contributed by atoms with Gasteiger partial charge in [0.2, 0.25) is 0 Å². The summed E-state index contributed by atoms with van der Waals surface area (Å²) in [5, 5.41) is 89.0. The van der Waals surface area contributed by atoms with Crippen molar-refractivity contribution in [2.75, 3.05) is 52.4 Å². The number of carbonyl (C=O) groups is 12. The summed E-state index contributed by atoms with van der Waals surface area (Å²) in [7, 11) is 0. The summed E-state index contributed by atoms with van der Waals surface area (Å²) < 4.78 is 0. The summed E-state index contributed by atoms with van der Waals surface area (Å²) in [5.41, 5.74) is 39.2. The third kappa shape index (κ3) is 141000. The molecule has 0 rings (SSSR count). The first kappa shape index (κ1) is 132. The van der Waals surface area contributed by atoms with Crippen molar-refractivity contribution in [2.24, 2.45) is 45.9 Å². The number of aliphatic carboxylic acids is 12. The monoisotopic (exact) mass is 1060 g/mol. The van der Waals surface area contributed by atoms with E-state index in [1.54, 1.807) is 0 Å². The van der Waals surface area contributed by atoms with E-state index in [-0.39, 0.29) is 124 Å². The number of carboxylic acids is 12. The maximum Gasteiger partial charge on any atom is 1.00 e. The standard InChI is InChI=1S/4C2H8N2.12C2H4O2.4Na.4H/c4*3-1-2-4;12*1-2(3)4;;;;;;;;/h4*1-4H2;12*1H3,(H,3,4);;;;;;;;/q;;;;;;;;;;;;;;;;4*+1;4*-1. The number of carboxylic acid groups (broad SMARTS) is 12. The molecule has 0 saturated carbocycles. The minimum absolute atomic E-state index is 0. The smallest absolute Gasteiger partial charge is 1.00 e. The van der Waals surface area contributed by atoms with Crippen molar-refractivity contribution < 1.29 is 243 Å². The third-order valence-corrected chi connectivity index (χ3v) is 0.667. The predicted molar refractivity (Wildman–Crippen MR) is 237 cm³/mol. The van der Waals surface area contributed by atoms with Crippen LogP contribution in [-0.2, 0) is 57.5 Å². The Labute approximate surface area is 491 Å². The summed E-state index contributed by atoms with van der Waals surface area (Å²) in [5.74, 6) is -10.0. The van der Waals surface area contributed by atoms with Gasteiger partial charge >= 0.3 is 118 Å². The second-order valence-electron chi connectivity index (χ2n) is 8.54. The molecule has 0 radical (unpaired) electrons. The van der Waals surface area contributed by atoms with E-state index in [2.05, 4.69) is 0 Å². The first-order valence-electron chi connectivity index (χ1n) is 16.4. The van der Waals surface area contributed by atoms with Crippen molar-refractivity contribution in [1.29, 1.82) is 0 Å². The second-order valence-corrected chi connectivity index (χ2v) is 8.54. The van der Waals surface area contributed by atoms with Crippen molar-refractivity contribution >= 4 is 71.6 Å². The summed E-state index contributed by atoms with van der Waals surface area (Å²) >= 11 is 0. The molecule has 0 aromatic carbocycles. The topological polar surface area (TPSA) is 656 Å². The predicted octanol–water partition coefficient (Wildman–Crippen LogP) is -14.8. The molecule has 0 heterocycles. The molecule has 0 amide bonds. The molecule has 0 unspecified atom stereocenters. The van der Waals surface area contributed by atoms with Gasteiger partial charge in [0.25, 0.3) is 71.6 Å². The quantitative estimate of drug-likeness (QED) is 0.116. The van der Waals surface area contributed by atoms with Crippen LogP contribution in [0.3, 0.4) is 0 Å². The molecule has 68 heavy (non-hydrogen) atoms. The fraction of sp³-hybridized carbons (Fsp3) is 0.625. The molecule has 0 bridgehead atoms. The van der Waals surface area contributed by atoms with Gasteiger partial charge in [-0.2, -0.15) is 0 Å². The molecule has 0 spiro atoms. The first-order chi connectivity index (χ1) is 28.4. The molecule has 0 fully saturated rings. The fourth-order valence-corrected chi connectivity index (χ4v) is 0. The van der Waals surface area contributed by atoms with Gasteiger partial charge in [-0.05, 0) is 0 Å². The Morgan fingerprint density at radius 3 is 0.221 bits per heavy atom. The average Bonchev–Trinajstić information content (AvgIpc) is 3.02. The maximum atomic E-state index is 9.00. The van der Waals surface area contributed by atoms with Crippen LogP contribution in [0.2, 0.25) is 0 Å².